The molecule has 9 heteroatoms. The molecule has 8 nitrogen and oxygen atoms in total. The molecular weight excluding hydrogens is 344 g/mol. The third kappa shape index (κ3) is 4.71. The lowest BCUT2D eigenvalue weighted by molar-refractivity contribution is -0.136. The zero-order valence-corrected chi connectivity index (χ0v) is 16.8. The van der Waals surface area contributed by atoms with Crippen molar-refractivity contribution in [1.29, 1.82) is 0 Å². The van der Waals surface area contributed by atoms with E-state index < -0.39 is 16.3 Å². The highest BCUT2D eigenvalue weighted by Gasteiger charge is 2.38. The molecule has 25 heavy (non-hydrogen) atoms. The summed E-state index contributed by atoms with van der Waals surface area (Å²) in [5.74, 6) is -0.113. The fourth-order valence-corrected chi connectivity index (χ4v) is 4.94. The maximum atomic E-state index is 12.9. The first-order valence-corrected chi connectivity index (χ1v) is 10.3. The highest BCUT2D eigenvalue weighted by Crippen LogP contribution is 2.22. The van der Waals surface area contributed by atoms with Crippen molar-refractivity contribution in [1.82, 2.24) is 13.5 Å². The third-order valence-electron chi connectivity index (χ3n) is 4.79. The summed E-state index contributed by atoms with van der Waals surface area (Å²) in [5.41, 5.74) is 5.73. The number of hydrogen-bond donors (Lipinski definition) is 1. The summed E-state index contributed by atoms with van der Waals surface area (Å²) in [6, 6.07) is -0.586. The van der Waals surface area contributed by atoms with Gasteiger partial charge in [0.25, 0.3) is 10.2 Å². The molecule has 2 unspecified atom stereocenters. The van der Waals surface area contributed by atoms with Crippen LogP contribution in [0.15, 0.2) is 0 Å². The van der Waals surface area contributed by atoms with E-state index in [-0.39, 0.29) is 23.5 Å². The van der Waals surface area contributed by atoms with Gasteiger partial charge in [-0.25, -0.2) is 0 Å². The van der Waals surface area contributed by atoms with Crippen LogP contribution in [0.4, 0.5) is 0 Å². The van der Waals surface area contributed by atoms with Crippen LogP contribution >= 0.6 is 0 Å². The van der Waals surface area contributed by atoms with Gasteiger partial charge >= 0.3 is 0 Å². The molecule has 0 aliphatic carbocycles. The molecule has 0 aromatic carbocycles. The number of amides is 1. The number of piperazine rings is 1. The summed E-state index contributed by atoms with van der Waals surface area (Å²) < 4.78 is 34.3. The molecule has 0 aromatic rings. The van der Waals surface area contributed by atoms with Gasteiger partial charge in [-0.3, -0.25) is 4.79 Å². The third-order valence-corrected chi connectivity index (χ3v) is 6.76. The molecule has 0 spiro atoms. The lowest BCUT2D eigenvalue weighted by atomic mass is 9.86. The Morgan fingerprint density at radius 2 is 1.52 bits per heavy atom. The first-order valence-electron chi connectivity index (χ1n) is 8.88. The van der Waals surface area contributed by atoms with Crippen molar-refractivity contribution in [3.8, 4) is 0 Å². The van der Waals surface area contributed by atoms with Crippen LogP contribution in [0.2, 0.25) is 0 Å². The number of carbonyl (C=O) groups is 1. The Morgan fingerprint density at radius 1 is 1.04 bits per heavy atom. The van der Waals surface area contributed by atoms with Gasteiger partial charge in [-0.05, 0) is 19.3 Å². The second-order valence-corrected chi connectivity index (χ2v) is 10.1. The molecule has 0 radical (unpaired) electrons. The molecule has 2 fully saturated rings. The smallest absolute Gasteiger partial charge is 0.282 e. The number of nitrogens with two attached hydrogens (primary N) is 1. The summed E-state index contributed by atoms with van der Waals surface area (Å²) in [4.78, 5) is 14.2. The van der Waals surface area contributed by atoms with Crippen molar-refractivity contribution in [3.63, 3.8) is 0 Å². The predicted molar refractivity (Wildman–Crippen MR) is 96.1 cm³/mol. The zero-order valence-electron chi connectivity index (χ0n) is 15.9. The monoisotopic (exact) mass is 376 g/mol. The van der Waals surface area contributed by atoms with Crippen LogP contribution in [0.3, 0.4) is 0 Å². The Labute approximate surface area is 151 Å². The number of ether oxygens (including phenoxy) is 1. The van der Waals surface area contributed by atoms with E-state index in [9.17, 15) is 13.2 Å². The Hall–Kier alpha value is -0.740. The molecule has 0 aromatic heterocycles. The maximum absolute atomic E-state index is 12.9. The molecule has 2 heterocycles. The molecule has 2 N–H and O–H groups in total. The SMILES string of the molecule is CC1CN(S(=O)(=O)N2CCN(C(=O)[C@@H](N)C(C)(C)C)CC2)CC(C)O1. The Morgan fingerprint density at radius 3 is 1.96 bits per heavy atom. The summed E-state index contributed by atoms with van der Waals surface area (Å²) in [6.07, 6.45) is -0.239. The number of nitrogens with zero attached hydrogens (tertiary/aromatic N) is 3. The van der Waals surface area contributed by atoms with Crippen LogP contribution in [0.1, 0.15) is 34.6 Å². The topological polar surface area (TPSA) is 96.2 Å². The molecule has 2 saturated heterocycles. The second kappa shape index (κ2) is 7.48. The van der Waals surface area contributed by atoms with Crippen molar-refractivity contribution in [3.05, 3.63) is 0 Å². The molecule has 0 bridgehead atoms. The lowest BCUT2D eigenvalue weighted by Gasteiger charge is -2.41. The summed E-state index contributed by atoms with van der Waals surface area (Å²) in [5, 5.41) is 0. The molecule has 1 amide bonds. The van der Waals surface area contributed by atoms with Gasteiger partial charge < -0.3 is 15.4 Å². The van der Waals surface area contributed by atoms with Gasteiger partial charge in [0, 0.05) is 39.3 Å². The highest BCUT2D eigenvalue weighted by molar-refractivity contribution is 7.86. The minimum absolute atomic E-state index is 0.113. The quantitative estimate of drug-likeness (QED) is 0.739. The maximum Gasteiger partial charge on any atom is 0.282 e. The molecular formula is C16H32N4O4S. The van der Waals surface area contributed by atoms with Crippen LogP contribution in [0, 0.1) is 5.41 Å². The molecule has 2 aliphatic heterocycles. The van der Waals surface area contributed by atoms with Gasteiger partial charge in [0.1, 0.15) is 0 Å². The van der Waals surface area contributed by atoms with Gasteiger partial charge in [0.15, 0.2) is 0 Å². The fraction of sp³-hybridized carbons (Fsp3) is 0.938. The Balaban J connectivity index is 1.98. The average molecular weight is 377 g/mol. The number of carbonyl (C=O) groups excluding carboxylic acids is 1. The normalized spacial score (nSPS) is 28.8. The van der Waals surface area contributed by atoms with Crippen LogP contribution in [0.5, 0.6) is 0 Å². The van der Waals surface area contributed by atoms with Crippen LogP contribution in [-0.4, -0.2) is 85.4 Å². The van der Waals surface area contributed by atoms with E-state index in [1.807, 2.05) is 34.6 Å². The van der Waals surface area contributed by atoms with Gasteiger partial charge in [0.2, 0.25) is 5.91 Å². The molecule has 0 saturated carbocycles. The Kier molecular flexibility index (Phi) is 6.15. The first kappa shape index (κ1) is 20.6. The molecule has 146 valence electrons. The van der Waals surface area contributed by atoms with E-state index in [4.69, 9.17) is 10.5 Å². The molecule has 3 atom stereocenters. The predicted octanol–water partition coefficient (Wildman–Crippen LogP) is -0.142. The number of rotatable bonds is 3. The van der Waals surface area contributed by atoms with Crippen LogP contribution in [0.25, 0.3) is 0 Å². The van der Waals surface area contributed by atoms with Gasteiger partial charge in [0.05, 0.1) is 18.2 Å². The van der Waals surface area contributed by atoms with Crippen molar-refractivity contribution < 1.29 is 17.9 Å². The van der Waals surface area contributed by atoms with Gasteiger partial charge in [-0.2, -0.15) is 17.0 Å². The number of morpholine rings is 1. The largest absolute Gasteiger partial charge is 0.373 e. The van der Waals surface area contributed by atoms with Crippen LogP contribution < -0.4 is 5.73 Å². The first-order chi connectivity index (χ1) is 11.4. The summed E-state index contributed by atoms with van der Waals surface area (Å²) >= 11 is 0. The van der Waals surface area contributed by atoms with Gasteiger partial charge in [-0.1, -0.05) is 20.8 Å². The minimum Gasteiger partial charge on any atom is -0.373 e. The zero-order chi connectivity index (χ0) is 19.0. The highest BCUT2D eigenvalue weighted by atomic mass is 32.2. The molecule has 2 rings (SSSR count). The molecule has 2 aliphatic rings. The van der Waals surface area contributed by atoms with E-state index in [0.29, 0.717) is 39.3 Å². The average Bonchev–Trinajstić information content (AvgIpc) is 2.51. The van der Waals surface area contributed by atoms with E-state index in [1.165, 1.54) is 8.61 Å². The van der Waals surface area contributed by atoms with Crippen molar-refractivity contribution in [2.24, 2.45) is 11.1 Å². The van der Waals surface area contributed by atoms with Crippen LogP contribution in [-0.2, 0) is 19.7 Å². The minimum atomic E-state index is -3.53. The standard InChI is InChI=1S/C16H32N4O4S/c1-12-10-20(11-13(2)24-12)25(22,23)19-8-6-18(7-9-19)15(21)14(17)16(3,4)5/h12-14H,6-11,17H2,1-5H3/t12?,13?,14-/m1/s1. The van der Waals surface area contributed by atoms with Crippen molar-refractivity contribution in [2.75, 3.05) is 39.3 Å². The van der Waals surface area contributed by atoms with E-state index >= 15 is 0 Å². The van der Waals surface area contributed by atoms with E-state index in [0.717, 1.165) is 0 Å². The van der Waals surface area contributed by atoms with Gasteiger partial charge in [-0.15, -0.1) is 0 Å². The fourth-order valence-electron chi connectivity index (χ4n) is 3.19. The van der Waals surface area contributed by atoms with E-state index in [2.05, 4.69) is 0 Å². The summed E-state index contributed by atoms with van der Waals surface area (Å²) in [6.45, 7) is 11.6. The van der Waals surface area contributed by atoms with Crippen molar-refractivity contribution >= 4 is 16.1 Å². The van der Waals surface area contributed by atoms with Crippen molar-refractivity contribution in [2.45, 2.75) is 52.9 Å². The van der Waals surface area contributed by atoms with E-state index in [1.54, 1.807) is 4.90 Å². The summed E-state index contributed by atoms with van der Waals surface area (Å²) in [7, 11) is -3.53. The Bertz CT molecular complexity index is 571. The second-order valence-electron chi connectivity index (χ2n) is 8.15. The lowest BCUT2D eigenvalue weighted by Crippen LogP contribution is -2.60. The number of hydrogen-bond acceptors (Lipinski definition) is 5.